The number of piperidine rings is 3. The highest BCUT2D eigenvalue weighted by Crippen LogP contribution is 2.51. The van der Waals surface area contributed by atoms with Gasteiger partial charge in [0.2, 0.25) is 0 Å². The fourth-order valence-corrected chi connectivity index (χ4v) is 5.88. The van der Waals surface area contributed by atoms with E-state index in [-0.39, 0.29) is 17.7 Å². The van der Waals surface area contributed by atoms with Crippen LogP contribution < -0.4 is 5.32 Å². The number of aromatic nitrogens is 1. The Labute approximate surface area is 168 Å². The predicted molar refractivity (Wildman–Crippen MR) is 107 cm³/mol. The number of nitrogens with zero attached hydrogens (tertiary/aromatic N) is 2. The molecule has 0 aliphatic carbocycles. The van der Waals surface area contributed by atoms with Crippen LogP contribution in [-0.2, 0) is 0 Å². The van der Waals surface area contributed by atoms with Gasteiger partial charge in [-0.3, -0.25) is 14.7 Å². The molecule has 3 unspecified atom stereocenters. The zero-order valence-electron chi connectivity index (χ0n) is 14.9. The molecule has 0 spiro atoms. The largest absolute Gasteiger partial charge is 0.311 e. The number of hydrogen-bond donors (Lipinski definition) is 1. The molecule has 0 radical (unpaired) electrons. The van der Waals surface area contributed by atoms with Crippen molar-refractivity contribution in [1.82, 2.24) is 15.2 Å². The Morgan fingerprint density at radius 3 is 2.70 bits per heavy atom. The van der Waals surface area contributed by atoms with Crippen LogP contribution in [-0.4, -0.2) is 46.9 Å². The van der Waals surface area contributed by atoms with Gasteiger partial charge in [-0.2, -0.15) is 0 Å². The Hall–Kier alpha value is -1.46. The third-order valence-electron chi connectivity index (χ3n) is 6.71. The molecule has 3 atom stereocenters. The number of halogens is 2. The zero-order valence-corrected chi connectivity index (χ0v) is 16.4. The van der Waals surface area contributed by atoms with Crippen LogP contribution in [0, 0.1) is 5.92 Å². The molecule has 1 aromatic heterocycles. The molecule has 6 rings (SSSR count). The molecule has 1 aromatic carbocycles. The van der Waals surface area contributed by atoms with Crippen LogP contribution in [0.25, 0.3) is 0 Å². The van der Waals surface area contributed by atoms with E-state index in [2.05, 4.69) is 21.3 Å². The van der Waals surface area contributed by atoms with Gasteiger partial charge < -0.3 is 5.32 Å². The Balaban J connectivity index is 1.67. The van der Waals surface area contributed by atoms with E-state index in [9.17, 15) is 4.79 Å². The molecule has 4 aliphatic heterocycles. The first kappa shape index (κ1) is 17.6. The summed E-state index contributed by atoms with van der Waals surface area (Å²) in [6.07, 6.45) is 5.98. The first-order chi connectivity index (χ1) is 13.1. The van der Waals surface area contributed by atoms with Crippen LogP contribution in [0.4, 0.5) is 0 Å². The Morgan fingerprint density at radius 1 is 1.19 bits per heavy atom. The highest BCUT2D eigenvalue weighted by Gasteiger charge is 2.64. The molecule has 1 N–H and O–H groups in total. The predicted octanol–water partition coefficient (Wildman–Crippen LogP) is 3.79. The molecular formula is C21H21Cl2N3O. The van der Waals surface area contributed by atoms with Gasteiger partial charge in [-0.15, -0.1) is 0 Å². The number of nitrogens with one attached hydrogen (secondary N) is 1. The molecule has 6 heteroatoms. The zero-order chi connectivity index (χ0) is 18.6. The van der Waals surface area contributed by atoms with Crippen LogP contribution in [0.1, 0.15) is 34.7 Å². The molecule has 4 saturated heterocycles. The second-order valence-corrected chi connectivity index (χ2v) is 8.65. The van der Waals surface area contributed by atoms with E-state index in [1.807, 2.05) is 18.3 Å². The quantitative estimate of drug-likeness (QED) is 0.794. The van der Waals surface area contributed by atoms with Crippen LogP contribution in [0.15, 0.2) is 42.7 Å². The number of carbonyl (C=O) groups excluding carboxylic acids is 1. The number of hydrogen-bond acceptors (Lipinski definition) is 4. The fraction of sp³-hybridized carbons (Fsp3) is 0.429. The van der Waals surface area contributed by atoms with E-state index in [0.717, 1.165) is 38.0 Å². The summed E-state index contributed by atoms with van der Waals surface area (Å²) in [5.74, 6) is 0.749. The number of carbonyl (C=O) groups is 1. The lowest BCUT2D eigenvalue weighted by Gasteiger charge is -2.57. The molecule has 0 saturated carbocycles. The molecule has 4 aliphatic rings. The van der Waals surface area contributed by atoms with Crippen molar-refractivity contribution >= 4 is 29.0 Å². The maximum atomic E-state index is 14.0. The van der Waals surface area contributed by atoms with Crippen LogP contribution in [0.5, 0.6) is 0 Å². The molecule has 5 heterocycles. The highest BCUT2D eigenvalue weighted by atomic mass is 35.5. The summed E-state index contributed by atoms with van der Waals surface area (Å²) in [5.41, 5.74) is 1.18. The topological polar surface area (TPSA) is 45.2 Å². The van der Waals surface area contributed by atoms with Crippen LogP contribution in [0.2, 0.25) is 10.0 Å². The minimum Gasteiger partial charge on any atom is -0.311 e. The van der Waals surface area contributed by atoms with Crippen molar-refractivity contribution in [2.75, 3.05) is 19.6 Å². The van der Waals surface area contributed by atoms with Gasteiger partial charge >= 0.3 is 0 Å². The molecule has 2 aromatic rings. The van der Waals surface area contributed by atoms with Gasteiger partial charge in [-0.25, -0.2) is 0 Å². The van der Waals surface area contributed by atoms with Crippen LogP contribution in [0.3, 0.4) is 0 Å². The molecule has 2 bridgehead atoms. The van der Waals surface area contributed by atoms with E-state index in [0.29, 0.717) is 21.5 Å². The number of Topliss-reactive ketones (excluding diaryl/α,β-unsaturated/α-hetero) is 1. The second kappa shape index (κ2) is 6.56. The minimum absolute atomic E-state index is 0.0706. The van der Waals surface area contributed by atoms with Gasteiger partial charge in [-0.1, -0.05) is 29.3 Å². The van der Waals surface area contributed by atoms with Gasteiger partial charge in [0.1, 0.15) is 5.54 Å². The molecule has 27 heavy (non-hydrogen) atoms. The summed E-state index contributed by atoms with van der Waals surface area (Å²) in [7, 11) is 0. The van der Waals surface area contributed by atoms with Crippen molar-refractivity contribution in [3.8, 4) is 0 Å². The van der Waals surface area contributed by atoms with Gasteiger partial charge in [0.15, 0.2) is 5.78 Å². The molecule has 4 nitrogen and oxygen atoms in total. The van der Waals surface area contributed by atoms with Gasteiger partial charge in [0.25, 0.3) is 0 Å². The monoisotopic (exact) mass is 401 g/mol. The number of ketones is 1. The fourth-order valence-electron chi connectivity index (χ4n) is 5.58. The molecular weight excluding hydrogens is 381 g/mol. The van der Waals surface area contributed by atoms with E-state index in [1.54, 1.807) is 18.3 Å². The molecule has 4 fully saturated rings. The van der Waals surface area contributed by atoms with Crippen molar-refractivity contribution < 1.29 is 4.79 Å². The van der Waals surface area contributed by atoms with E-state index < -0.39 is 5.54 Å². The van der Waals surface area contributed by atoms with Crippen molar-refractivity contribution in [3.05, 3.63) is 63.9 Å². The third-order valence-corrected chi connectivity index (χ3v) is 7.45. The average Bonchev–Trinajstić information content (AvgIpc) is 3.15. The summed E-state index contributed by atoms with van der Waals surface area (Å²) < 4.78 is 0. The highest BCUT2D eigenvalue weighted by molar-refractivity contribution is 6.42. The van der Waals surface area contributed by atoms with Crippen molar-refractivity contribution in [2.24, 2.45) is 5.92 Å². The van der Waals surface area contributed by atoms with Gasteiger partial charge in [0, 0.05) is 36.5 Å². The first-order valence-corrected chi connectivity index (χ1v) is 10.3. The number of pyridine rings is 1. The lowest BCUT2D eigenvalue weighted by atomic mass is 9.63. The average molecular weight is 402 g/mol. The summed E-state index contributed by atoms with van der Waals surface area (Å²) in [6, 6.07) is 9.46. The smallest absolute Gasteiger partial charge is 0.185 e. The van der Waals surface area contributed by atoms with Gasteiger partial charge in [-0.05, 0) is 61.7 Å². The first-order valence-electron chi connectivity index (χ1n) is 9.50. The Kier molecular flexibility index (Phi) is 4.28. The van der Waals surface area contributed by atoms with Crippen molar-refractivity contribution in [3.63, 3.8) is 0 Å². The summed E-state index contributed by atoms with van der Waals surface area (Å²) >= 11 is 12.3. The molecule has 0 amide bonds. The number of fused-ring (bicyclic) bond motifs is 2. The number of benzene rings is 1. The lowest BCUT2D eigenvalue weighted by Crippen LogP contribution is -2.72. The van der Waals surface area contributed by atoms with Gasteiger partial charge in [0.05, 0.1) is 10.0 Å². The second-order valence-electron chi connectivity index (χ2n) is 7.83. The Bertz CT molecular complexity index is 882. The van der Waals surface area contributed by atoms with E-state index in [4.69, 9.17) is 23.2 Å². The number of rotatable bonds is 3. The third kappa shape index (κ3) is 2.51. The molecule has 140 valence electrons. The van der Waals surface area contributed by atoms with Crippen molar-refractivity contribution in [2.45, 2.75) is 30.3 Å². The maximum Gasteiger partial charge on any atom is 0.185 e. The lowest BCUT2D eigenvalue weighted by molar-refractivity contribution is -0.0313. The maximum absolute atomic E-state index is 14.0. The SMILES string of the molecule is O=C(c1ccc(Cl)c(Cl)c1)C12C(c3cccnc3)CNC1C1CCN2CC1. The Morgan fingerprint density at radius 2 is 2.00 bits per heavy atom. The minimum atomic E-state index is -0.582. The summed E-state index contributed by atoms with van der Waals surface area (Å²) in [5, 5.41) is 4.61. The van der Waals surface area contributed by atoms with Crippen molar-refractivity contribution in [1.29, 1.82) is 0 Å². The summed E-state index contributed by atoms with van der Waals surface area (Å²) in [6.45, 7) is 2.72. The normalized spacial score (nSPS) is 34.4. The standard InChI is InChI=1S/C21H21Cl2N3O/c22-17-4-3-14(10-18(17)23)20(27)21-16(15-2-1-7-24-11-15)12-25-19(21)13-5-8-26(21)9-6-13/h1-4,7,10-11,13,16,19,25H,5-6,8-9,12H2. The summed E-state index contributed by atoms with van der Waals surface area (Å²) in [4.78, 5) is 20.8. The van der Waals surface area contributed by atoms with E-state index in [1.165, 1.54) is 0 Å². The van der Waals surface area contributed by atoms with Crippen LogP contribution >= 0.6 is 23.2 Å². The van der Waals surface area contributed by atoms with E-state index >= 15 is 0 Å².